The SMILES string of the molecule is CC.CC1=CC=C2C(=O)N=CC=C2C1N. The molecule has 15 heavy (non-hydrogen) atoms. The van der Waals surface area contributed by atoms with Crippen molar-refractivity contribution in [1.29, 1.82) is 0 Å². The summed E-state index contributed by atoms with van der Waals surface area (Å²) in [5.41, 5.74) is 8.47. The Bertz CT molecular complexity index is 386. The zero-order valence-corrected chi connectivity index (χ0v) is 9.32. The number of carbonyl (C=O) groups is 1. The van der Waals surface area contributed by atoms with Crippen molar-refractivity contribution in [1.82, 2.24) is 0 Å². The first-order valence-electron chi connectivity index (χ1n) is 5.13. The van der Waals surface area contributed by atoms with E-state index < -0.39 is 0 Å². The molecule has 2 aliphatic rings. The van der Waals surface area contributed by atoms with Crippen LogP contribution in [0.4, 0.5) is 0 Å². The van der Waals surface area contributed by atoms with E-state index in [0.717, 1.165) is 11.1 Å². The van der Waals surface area contributed by atoms with E-state index in [0.29, 0.717) is 5.57 Å². The van der Waals surface area contributed by atoms with Crippen molar-refractivity contribution < 1.29 is 4.79 Å². The lowest BCUT2D eigenvalue weighted by atomic mass is 9.87. The molecule has 0 spiro atoms. The number of dihydropyridines is 1. The molecule has 0 bridgehead atoms. The Kier molecular flexibility index (Phi) is 3.74. The van der Waals surface area contributed by atoms with Crippen LogP contribution in [0.25, 0.3) is 0 Å². The van der Waals surface area contributed by atoms with Crippen LogP contribution in [0.1, 0.15) is 20.8 Å². The second-order valence-corrected chi connectivity index (χ2v) is 3.17. The highest BCUT2D eigenvalue weighted by Gasteiger charge is 2.24. The molecule has 2 N–H and O–H groups in total. The highest BCUT2D eigenvalue weighted by Crippen LogP contribution is 2.25. The van der Waals surface area contributed by atoms with Gasteiger partial charge in [-0.3, -0.25) is 4.79 Å². The molecule has 3 heteroatoms. The van der Waals surface area contributed by atoms with E-state index in [1.807, 2.05) is 26.8 Å². The topological polar surface area (TPSA) is 55.5 Å². The van der Waals surface area contributed by atoms with Gasteiger partial charge in [-0.1, -0.05) is 25.5 Å². The largest absolute Gasteiger partial charge is 0.321 e. The van der Waals surface area contributed by atoms with Crippen LogP contribution in [0.3, 0.4) is 0 Å². The van der Waals surface area contributed by atoms with Crippen molar-refractivity contribution in [2.24, 2.45) is 10.7 Å². The Hall–Kier alpha value is -1.48. The van der Waals surface area contributed by atoms with Gasteiger partial charge in [0.05, 0.1) is 6.04 Å². The first-order chi connectivity index (χ1) is 7.20. The highest BCUT2D eigenvalue weighted by molar-refractivity contribution is 6.08. The number of nitrogens with zero attached hydrogens (tertiary/aromatic N) is 1. The number of fused-ring (bicyclic) bond motifs is 1. The first kappa shape index (κ1) is 11.6. The summed E-state index contributed by atoms with van der Waals surface area (Å²) in [6, 6.07) is -0.157. The average Bonchev–Trinajstić information content (AvgIpc) is 2.27. The third-order valence-corrected chi connectivity index (χ3v) is 2.33. The molecule has 0 saturated carbocycles. The van der Waals surface area contributed by atoms with Gasteiger partial charge in [-0.15, -0.1) is 0 Å². The molecule has 2 rings (SSSR count). The van der Waals surface area contributed by atoms with E-state index in [1.54, 1.807) is 12.2 Å². The minimum absolute atomic E-state index is 0.157. The minimum atomic E-state index is -0.197. The van der Waals surface area contributed by atoms with Gasteiger partial charge in [0.2, 0.25) is 0 Å². The lowest BCUT2D eigenvalue weighted by Gasteiger charge is -2.22. The Balaban J connectivity index is 0.000000531. The molecule has 0 saturated heterocycles. The summed E-state index contributed by atoms with van der Waals surface area (Å²) in [6.07, 6.45) is 6.96. The number of amides is 1. The maximum atomic E-state index is 11.3. The lowest BCUT2D eigenvalue weighted by Crippen LogP contribution is -2.30. The van der Waals surface area contributed by atoms with Gasteiger partial charge in [-0.2, -0.15) is 0 Å². The maximum absolute atomic E-state index is 11.3. The van der Waals surface area contributed by atoms with Crippen molar-refractivity contribution in [2.45, 2.75) is 26.8 Å². The summed E-state index contributed by atoms with van der Waals surface area (Å²) in [5, 5.41) is 0. The van der Waals surface area contributed by atoms with Crippen LogP contribution in [0.15, 0.2) is 39.9 Å². The summed E-state index contributed by atoms with van der Waals surface area (Å²) < 4.78 is 0. The lowest BCUT2D eigenvalue weighted by molar-refractivity contribution is -0.114. The van der Waals surface area contributed by atoms with Crippen LogP contribution < -0.4 is 5.73 Å². The number of hydrogen-bond acceptors (Lipinski definition) is 2. The molecule has 1 unspecified atom stereocenters. The van der Waals surface area contributed by atoms with Crippen molar-refractivity contribution in [3.05, 3.63) is 34.9 Å². The Morgan fingerprint density at radius 3 is 2.60 bits per heavy atom. The van der Waals surface area contributed by atoms with Crippen LogP contribution in [0.5, 0.6) is 0 Å². The maximum Gasteiger partial charge on any atom is 0.277 e. The van der Waals surface area contributed by atoms with Crippen molar-refractivity contribution in [3.63, 3.8) is 0 Å². The zero-order chi connectivity index (χ0) is 11.4. The monoisotopic (exact) mass is 204 g/mol. The average molecular weight is 204 g/mol. The molecule has 1 heterocycles. The smallest absolute Gasteiger partial charge is 0.277 e. The van der Waals surface area contributed by atoms with Gasteiger partial charge >= 0.3 is 0 Å². The van der Waals surface area contributed by atoms with E-state index in [2.05, 4.69) is 4.99 Å². The molecule has 0 fully saturated rings. The van der Waals surface area contributed by atoms with Gasteiger partial charge in [0.25, 0.3) is 5.91 Å². The third-order valence-electron chi connectivity index (χ3n) is 2.33. The number of nitrogens with two attached hydrogens (primary N) is 1. The number of carbonyl (C=O) groups excluding carboxylic acids is 1. The van der Waals surface area contributed by atoms with Crippen molar-refractivity contribution in [3.8, 4) is 0 Å². The summed E-state index contributed by atoms with van der Waals surface area (Å²) in [4.78, 5) is 15.0. The van der Waals surface area contributed by atoms with Gasteiger partial charge in [-0.05, 0) is 24.6 Å². The molecular formula is C12H16N2O. The van der Waals surface area contributed by atoms with E-state index in [9.17, 15) is 4.79 Å². The van der Waals surface area contributed by atoms with Crippen molar-refractivity contribution >= 4 is 12.1 Å². The van der Waals surface area contributed by atoms with Gasteiger partial charge in [0, 0.05) is 11.8 Å². The van der Waals surface area contributed by atoms with Gasteiger partial charge < -0.3 is 5.73 Å². The highest BCUT2D eigenvalue weighted by atomic mass is 16.1. The molecule has 0 aromatic heterocycles. The zero-order valence-electron chi connectivity index (χ0n) is 9.32. The number of aliphatic imine (C=N–C) groups is 1. The van der Waals surface area contributed by atoms with Crippen LogP contribution in [0, 0.1) is 0 Å². The summed E-state index contributed by atoms with van der Waals surface area (Å²) in [5.74, 6) is -0.197. The summed E-state index contributed by atoms with van der Waals surface area (Å²) in [6.45, 7) is 5.95. The summed E-state index contributed by atoms with van der Waals surface area (Å²) in [7, 11) is 0. The fourth-order valence-corrected chi connectivity index (χ4v) is 1.47. The number of rotatable bonds is 0. The number of allylic oxidation sites excluding steroid dienone is 3. The van der Waals surface area contributed by atoms with Crippen LogP contribution in [0.2, 0.25) is 0 Å². The Morgan fingerprint density at radius 1 is 1.27 bits per heavy atom. The van der Waals surface area contributed by atoms with Gasteiger partial charge in [-0.25, -0.2) is 4.99 Å². The van der Waals surface area contributed by atoms with Crippen LogP contribution in [-0.4, -0.2) is 18.2 Å². The molecule has 1 aliphatic carbocycles. The molecule has 1 aliphatic heterocycles. The van der Waals surface area contributed by atoms with Crippen LogP contribution >= 0.6 is 0 Å². The predicted octanol–water partition coefficient (Wildman–Crippen LogP) is 1.76. The normalized spacial score (nSPS) is 23.1. The molecule has 1 atom stereocenters. The van der Waals surface area contributed by atoms with E-state index >= 15 is 0 Å². The first-order valence-corrected chi connectivity index (χ1v) is 5.13. The molecule has 1 amide bonds. The fraction of sp³-hybridized carbons (Fsp3) is 0.333. The minimum Gasteiger partial charge on any atom is -0.321 e. The molecule has 0 radical (unpaired) electrons. The standard InChI is InChI=1S/C10H10N2O.C2H6/c1-6-2-3-8-7(9(6)11)4-5-12-10(8)13;1-2/h2-5,9H,11H2,1H3;1-2H3. The second-order valence-electron chi connectivity index (χ2n) is 3.17. The second kappa shape index (κ2) is 4.84. The molecule has 0 aromatic rings. The fourth-order valence-electron chi connectivity index (χ4n) is 1.47. The quantitative estimate of drug-likeness (QED) is 0.653. The van der Waals surface area contributed by atoms with E-state index in [4.69, 9.17) is 5.73 Å². The van der Waals surface area contributed by atoms with Crippen LogP contribution in [-0.2, 0) is 4.79 Å². The van der Waals surface area contributed by atoms with Gasteiger partial charge in [0.15, 0.2) is 0 Å². The molecule has 3 nitrogen and oxygen atoms in total. The molecular weight excluding hydrogens is 188 g/mol. The Labute approximate surface area is 90.1 Å². The third kappa shape index (κ3) is 2.13. The molecule has 80 valence electrons. The van der Waals surface area contributed by atoms with Crippen molar-refractivity contribution in [2.75, 3.05) is 0 Å². The predicted molar refractivity (Wildman–Crippen MR) is 62.7 cm³/mol. The molecule has 0 aromatic carbocycles. The Morgan fingerprint density at radius 2 is 1.93 bits per heavy atom. The van der Waals surface area contributed by atoms with E-state index in [-0.39, 0.29) is 11.9 Å². The number of hydrogen-bond donors (Lipinski definition) is 1. The van der Waals surface area contributed by atoms with Gasteiger partial charge in [0.1, 0.15) is 0 Å². The summed E-state index contributed by atoms with van der Waals surface area (Å²) >= 11 is 0. The van der Waals surface area contributed by atoms with E-state index in [1.165, 1.54) is 6.21 Å².